The molecular formula is C32H51NO3. The van der Waals surface area contributed by atoms with Crippen molar-refractivity contribution < 1.29 is 14.2 Å². The number of likely N-dealkylation sites (tertiary alicyclic amines) is 1. The molecular weight excluding hydrogens is 446 g/mol. The standard InChI is InChI=1S/C16H25NO.C16H26O2/c1-16(2,3)14-6-8-15(9-7-14)18-13-12-17-10-4-5-11-17;1-16(2,3)14-8-10-15(11-9-14)18-13-7-5-6-12-17-4/h6-9H,4-5,10-13H2,1-3H3;8-11H,5-7,12-13H2,1-4H3. The van der Waals surface area contributed by atoms with Gasteiger partial charge in [0.15, 0.2) is 0 Å². The Kier molecular flexibility index (Phi) is 12.8. The molecule has 3 rings (SSSR count). The molecule has 0 atom stereocenters. The minimum atomic E-state index is 0.207. The van der Waals surface area contributed by atoms with Crippen molar-refractivity contribution in [3.05, 3.63) is 59.7 Å². The summed E-state index contributed by atoms with van der Waals surface area (Å²) in [5.41, 5.74) is 3.12. The van der Waals surface area contributed by atoms with Crippen molar-refractivity contribution in [1.29, 1.82) is 0 Å². The van der Waals surface area contributed by atoms with Gasteiger partial charge in [-0.1, -0.05) is 65.8 Å². The van der Waals surface area contributed by atoms with E-state index in [-0.39, 0.29) is 10.8 Å². The fourth-order valence-electron chi connectivity index (χ4n) is 4.12. The molecule has 0 N–H and O–H groups in total. The zero-order valence-corrected chi connectivity index (χ0v) is 24.1. The number of benzene rings is 2. The first-order valence-corrected chi connectivity index (χ1v) is 13.8. The number of hydrogen-bond donors (Lipinski definition) is 0. The highest BCUT2D eigenvalue weighted by atomic mass is 16.5. The summed E-state index contributed by atoms with van der Waals surface area (Å²) in [6.07, 6.45) is 6.06. The summed E-state index contributed by atoms with van der Waals surface area (Å²) in [7, 11) is 1.74. The van der Waals surface area contributed by atoms with Crippen molar-refractivity contribution in [2.75, 3.05) is 46.6 Å². The Balaban J connectivity index is 0.000000254. The topological polar surface area (TPSA) is 30.9 Å². The van der Waals surface area contributed by atoms with E-state index in [1.807, 2.05) is 0 Å². The van der Waals surface area contributed by atoms with Gasteiger partial charge in [0, 0.05) is 20.3 Å². The molecule has 0 unspecified atom stereocenters. The smallest absolute Gasteiger partial charge is 0.119 e. The molecule has 1 aliphatic heterocycles. The van der Waals surface area contributed by atoms with E-state index in [9.17, 15) is 0 Å². The lowest BCUT2D eigenvalue weighted by Gasteiger charge is -2.19. The highest BCUT2D eigenvalue weighted by molar-refractivity contribution is 5.31. The molecule has 1 fully saturated rings. The van der Waals surface area contributed by atoms with E-state index in [2.05, 4.69) is 95.0 Å². The van der Waals surface area contributed by atoms with Crippen molar-refractivity contribution in [1.82, 2.24) is 4.90 Å². The predicted octanol–water partition coefficient (Wildman–Crippen LogP) is 7.64. The van der Waals surface area contributed by atoms with Crippen LogP contribution in [0.15, 0.2) is 48.5 Å². The first-order valence-electron chi connectivity index (χ1n) is 13.8. The summed E-state index contributed by atoms with van der Waals surface area (Å²) < 4.78 is 16.5. The number of ether oxygens (including phenoxy) is 3. The first-order chi connectivity index (χ1) is 17.1. The van der Waals surface area contributed by atoms with Gasteiger partial charge in [0.1, 0.15) is 18.1 Å². The highest BCUT2D eigenvalue weighted by Crippen LogP contribution is 2.25. The van der Waals surface area contributed by atoms with E-state index < -0.39 is 0 Å². The van der Waals surface area contributed by atoms with Crippen molar-refractivity contribution in [2.24, 2.45) is 0 Å². The fraction of sp³-hybridized carbons (Fsp3) is 0.625. The lowest BCUT2D eigenvalue weighted by atomic mass is 9.87. The third-order valence-corrected chi connectivity index (χ3v) is 6.58. The van der Waals surface area contributed by atoms with Gasteiger partial charge >= 0.3 is 0 Å². The third-order valence-electron chi connectivity index (χ3n) is 6.58. The molecule has 2 aromatic rings. The number of nitrogens with zero attached hydrogens (tertiary/aromatic N) is 1. The van der Waals surface area contributed by atoms with Crippen LogP contribution in [0.3, 0.4) is 0 Å². The van der Waals surface area contributed by atoms with Crippen LogP contribution >= 0.6 is 0 Å². The Bertz CT molecular complexity index is 826. The molecule has 0 saturated carbocycles. The molecule has 1 heterocycles. The molecule has 1 saturated heterocycles. The number of hydrogen-bond acceptors (Lipinski definition) is 4. The normalized spacial score (nSPS) is 14.3. The van der Waals surface area contributed by atoms with Crippen molar-refractivity contribution in [3.63, 3.8) is 0 Å². The average Bonchev–Trinajstić information content (AvgIpc) is 3.35. The molecule has 1 aliphatic rings. The monoisotopic (exact) mass is 497 g/mol. The van der Waals surface area contributed by atoms with E-state index in [1.165, 1.54) is 37.1 Å². The van der Waals surface area contributed by atoms with E-state index in [0.717, 1.165) is 57.1 Å². The minimum Gasteiger partial charge on any atom is -0.494 e. The van der Waals surface area contributed by atoms with Crippen molar-refractivity contribution >= 4 is 0 Å². The quantitative estimate of drug-likeness (QED) is 0.299. The van der Waals surface area contributed by atoms with E-state index in [0.29, 0.717) is 0 Å². The third kappa shape index (κ3) is 11.8. The van der Waals surface area contributed by atoms with Crippen LogP contribution < -0.4 is 9.47 Å². The van der Waals surface area contributed by atoms with Crippen LogP contribution in [0.2, 0.25) is 0 Å². The first kappa shape index (κ1) is 30.2. The van der Waals surface area contributed by atoms with Gasteiger partial charge in [-0.25, -0.2) is 0 Å². The van der Waals surface area contributed by atoms with Crippen LogP contribution in [0.4, 0.5) is 0 Å². The largest absolute Gasteiger partial charge is 0.494 e. The van der Waals surface area contributed by atoms with E-state index >= 15 is 0 Å². The Morgan fingerprint density at radius 1 is 0.611 bits per heavy atom. The summed E-state index contributed by atoms with van der Waals surface area (Å²) in [5, 5.41) is 0. The summed E-state index contributed by atoms with van der Waals surface area (Å²) in [5.74, 6) is 1.96. The second-order valence-electron chi connectivity index (χ2n) is 11.8. The minimum absolute atomic E-state index is 0.207. The molecule has 4 heteroatoms. The summed E-state index contributed by atoms with van der Waals surface area (Å²) in [6, 6.07) is 17.0. The molecule has 0 aromatic heterocycles. The zero-order chi connectivity index (χ0) is 26.4. The van der Waals surface area contributed by atoms with Gasteiger partial charge < -0.3 is 14.2 Å². The van der Waals surface area contributed by atoms with Crippen LogP contribution in [-0.4, -0.2) is 51.5 Å². The Labute approximate surface area is 221 Å². The van der Waals surface area contributed by atoms with Gasteiger partial charge in [0.2, 0.25) is 0 Å². The van der Waals surface area contributed by atoms with Crippen molar-refractivity contribution in [3.8, 4) is 11.5 Å². The average molecular weight is 498 g/mol. The maximum atomic E-state index is 5.79. The van der Waals surface area contributed by atoms with Crippen molar-refractivity contribution in [2.45, 2.75) is 84.5 Å². The highest BCUT2D eigenvalue weighted by Gasteiger charge is 2.14. The van der Waals surface area contributed by atoms with Gasteiger partial charge in [-0.15, -0.1) is 0 Å². The lowest BCUT2D eigenvalue weighted by molar-refractivity contribution is 0.189. The Hall–Kier alpha value is -2.04. The van der Waals surface area contributed by atoms with E-state index in [4.69, 9.17) is 14.2 Å². The van der Waals surface area contributed by atoms with Gasteiger partial charge in [-0.3, -0.25) is 4.90 Å². The molecule has 0 bridgehead atoms. The molecule has 202 valence electrons. The number of methoxy groups -OCH3 is 1. The fourth-order valence-corrected chi connectivity index (χ4v) is 4.12. The second-order valence-corrected chi connectivity index (χ2v) is 11.8. The molecule has 0 amide bonds. The molecule has 4 nitrogen and oxygen atoms in total. The van der Waals surface area contributed by atoms with Gasteiger partial charge in [-0.05, 0) is 91.4 Å². The molecule has 2 aromatic carbocycles. The van der Waals surface area contributed by atoms with Crippen LogP contribution in [0.25, 0.3) is 0 Å². The number of rotatable bonds is 11. The van der Waals surface area contributed by atoms with Crippen LogP contribution in [0.1, 0.15) is 84.8 Å². The summed E-state index contributed by atoms with van der Waals surface area (Å²) >= 11 is 0. The van der Waals surface area contributed by atoms with Gasteiger partial charge in [0.05, 0.1) is 6.61 Å². The molecule has 0 spiro atoms. The maximum Gasteiger partial charge on any atom is 0.119 e. The second kappa shape index (κ2) is 15.3. The molecule has 36 heavy (non-hydrogen) atoms. The lowest BCUT2D eigenvalue weighted by Crippen LogP contribution is -2.25. The Morgan fingerprint density at radius 3 is 1.50 bits per heavy atom. The Morgan fingerprint density at radius 2 is 1.06 bits per heavy atom. The molecule has 0 radical (unpaired) electrons. The molecule has 0 aliphatic carbocycles. The van der Waals surface area contributed by atoms with Crippen LogP contribution in [0, 0.1) is 0 Å². The van der Waals surface area contributed by atoms with Gasteiger partial charge in [0.25, 0.3) is 0 Å². The summed E-state index contributed by atoms with van der Waals surface area (Å²) in [4.78, 5) is 2.48. The maximum absolute atomic E-state index is 5.79. The van der Waals surface area contributed by atoms with E-state index in [1.54, 1.807) is 7.11 Å². The van der Waals surface area contributed by atoms with Crippen LogP contribution in [-0.2, 0) is 15.6 Å². The zero-order valence-electron chi connectivity index (χ0n) is 24.1. The van der Waals surface area contributed by atoms with Gasteiger partial charge in [-0.2, -0.15) is 0 Å². The number of unbranched alkanes of at least 4 members (excludes halogenated alkanes) is 2. The summed E-state index contributed by atoms with van der Waals surface area (Å²) in [6.45, 7) is 19.3. The van der Waals surface area contributed by atoms with Crippen LogP contribution in [0.5, 0.6) is 11.5 Å². The SMILES string of the molecule is CC(C)(C)c1ccc(OCCN2CCCC2)cc1.COCCCCCOc1ccc(C(C)(C)C)cc1. The predicted molar refractivity (Wildman–Crippen MR) is 153 cm³/mol.